The highest BCUT2D eigenvalue weighted by Crippen LogP contribution is 2.36. The fourth-order valence-electron chi connectivity index (χ4n) is 2.32. The first-order valence-corrected chi connectivity index (χ1v) is 8.64. The van der Waals surface area contributed by atoms with Crippen LogP contribution in [0.5, 0.6) is 0 Å². The summed E-state index contributed by atoms with van der Waals surface area (Å²) in [5.41, 5.74) is -0.298. The maximum atomic E-state index is 12.4. The topological polar surface area (TPSA) is 83.5 Å². The van der Waals surface area contributed by atoms with Gasteiger partial charge in [-0.1, -0.05) is 6.92 Å². The van der Waals surface area contributed by atoms with Crippen molar-refractivity contribution in [2.45, 2.75) is 43.0 Å². The second-order valence-electron chi connectivity index (χ2n) is 5.04. The van der Waals surface area contributed by atoms with Crippen molar-refractivity contribution in [2.75, 3.05) is 0 Å². The lowest BCUT2D eigenvalue weighted by Gasteiger charge is -2.41. The predicted octanol–water partition coefficient (Wildman–Crippen LogP) is 2.76. The quantitative estimate of drug-likeness (QED) is 0.844. The molecule has 110 valence electrons. The van der Waals surface area contributed by atoms with Crippen molar-refractivity contribution in [3.8, 4) is 0 Å². The second kappa shape index (κ2) is 5.46. The first-order valence-electron chi connectivity index (χ1n) is 6.36. The fraction of sp³-hybridized carbons (Fsp3) is 0.462. The zero-order valence-corrected chi connectivity index (χ0v) is 13.4. The molecular weight excluding hydrogens is 346 g/mol. The first kappa shape index (κ1) is 15.5. The molecule has 5 nitrogen and oxygen atoms in total. The third-order valence-electron chi connectivity index (χ3n) is 3.81. The third-order valence-corrected chi connectivity index (χ3v) is 6.36. The SMILES string of the molecule is CCC1(NS(=O)(=O)c2ccc(C(=O)O)cc2Br)CCC1. The van der Waals surface area contributed by atoms with Crippen molar-refractivity contribution in [1.82, 2.24) is 4.72 Å². The van der Waals surface area contributed by atoms with Gasteiger partial charge in [-0.2, -0.15) is 0 Å². The molecule has 0 atom stereocenters. The minimum absolute atomic E-state index is 0.0460. The second-order valence-corrected chi connectivity index (χ2v) is 7.55. The molecule has 1 saturated carbocycles. The number of halogens is 1. The Balaban J connectivity index is 2.32. The Morgan fingerprint density at radius 3 is 2.50 bits per heavy atom. The summed E-state index contributed by atoms with van der Waals surface area (Å²) in [5, 5.41) is 8.89. The van der Waals surface area contributed by atoms with Gasteiger partial charge in [0.15, 0.2) is 0 Å². The summed E-state index contributed by atoms with van der Waals surface area (Å²) in [5.74, 6) is -1.09. The molecule has 0 unspecified atom stereocenters. The molecule has 0 heterocycles. The van der Waals surface area contributed by atoms with Gasteiger partial charge >= 0.3 is 5.97 Å². The van der Waals surface area contributed by atoms with Crippen LogP contribution in [0.3, 0.4) is 0 Å². The van der Waals surface area contributed by atoms with E-state index >= 15 is 0 Å². The van der Waals surface area contributed by atoms with Gasteiger partial charge in [-0.05, 0) is 59.8 Å². The molecule has 1 aliphatic rings. The molecular formula is C13H16BrNO4S. The highest BCUT2D eigenvalue weighted by Gasteiger charge is 2.39. The van der Waals surface area contributed by atoms with E-state index in [0.717, 1.165) is 25.7 Å². The van der Waals surface area contributed by atoms with Crippen LogP contribution < -0.4 is 4.72 Å². The largest absolute Gasteiger partial charge is 0.478 e. The highest BCUT2D eigenvalue weighted by molar-refractivity contribution is 9.10. The number of nitrogens with one attached hydrogen (secondary N) is 1. The van der Waals surface area contributed by atoms with E-state index in [-0.39, 0.29) is 20.5 Å². The van der Waals surface area contributed by atoms with Crippen molar-refractivity contribution in [3.63, 3.8) is 0 Å². The molecule has 1 aromatic rings. The van der Waals surface area contributed by atoms with Crippen LogP contribution in [-0.4, -0.2) is 25.0 Å². The van der Waals surface area contributed by atoms with Crippen molar-refractivity contribution < 1.29 is 18.3 Å². The predicted molar refractivity (Wildman–Crippen MR) is 78.3 cm³/mol. The molecule has 2 N–H and O–H groups in total. The molecule has 0 saturated heterocycles. The van der Waals surface area contributed by atoms with Crippen LogP contribution in [0.25, 0.3) is 0 Å². The van der Waals surface area contributed by atoms with E-state index in [2.05, 4.69) is 20.7 Å². The number of rotatable bonds is 5. The molecule has 1 aliphatic carbocycles. The lowest BCUT2D eigenvalue weighted by molar-refractivity contribution is 0.0696. The minimum atomic E-state index is -3.65. The number of benzene rings is 1. The standard InChI is InChI=1S/C13H16BrNO4S/c1-2-13(6-3-7-13)15-20(18,19)11-5-4-9(12(16)17)8-10(11)14/h4-5,8,15H,2-3,6-7H2,1H3,(H,16,17). The number of sulfonamides is 1. The van der Waals surface area contributed by atoms with Gasteiger partial charge in [0.2, 0.25) is 10.0 Å². The number of carbonyl (C=O) groups is 1. The van der Waals surface area contributed by atoms with E-state index in [4.69, 9.17) is 5.11 Å². The van der Waals surface area contributed by atoms with E-state index in [0.29, 0.717) is 0 Å². The van der Waals surface area contributed by atoms with Gasteiger partial charge in [-0.3, -0.25) is 0 Å². The Hall–Kier alpha value is -0.920. The maximum absolute atomic E-state index is 12.4. The van der Waals surface area contributed by atoms with Crippen LogP contribution in [0.2, 0.25) is 0 Å². The van der Waals surface area contributed by atoms with Crippen LogP contribution in [0.1, 0.15) is 43.0 Å². The molecule has 1 aromatic carbocycles. The third kappa shape index (κ3) is 2.89. The van der Waals surface area contributed by atoms with Crippen LogP contribution in [0, 0.1) is 0 Å². The number of aromatic carboxylic acids is 1. The van der Waals surface area contributed by atoms with E-state index in [1.54, 1.807) is 0 Å². The summed E-state index contributed by atoms with van der Waals surface area (Å²) < 4.78 is 27.8. The minimum Gasteiger partial charge on any atom is -0.478 e. The van der Waals surface area contributed by atoms with Crippen molar-refractivity contribution >= 4 is 31.9 Å². The van der Waals surface area contributed by atoms with Crippen LogP contribution in [0.15, 0.2) is 27.6 Å². The number of carboxylic acid groups (broad SMARTS) is 1. The Morgan fingerprint density at radius 1 is 1.45 bits per heavy atom. The highest BCUT2D eigenvalue weighted by atomic mass is 79.9. The van der Waals surface area contributed by atoms with Gasteiger partial charge in [-0.15, -0.1) is 0 Å². The average molecular weight is 362 g/mol. The average Bonchev–Trinajstić information content (AvgIpc) is 2.33. The van der Waals surface area contributed by atoms with E-state index < -0.39 is 16.0 Å². The smallest absolute Gasteiger partial charge is 0.335 e. The molecule has 0 aromatic heterocycles. The number of hydrogen-bond acceptors (Lipinski definition) is 3. The normalized spacial score (nSPS) is 17.5. The Morgan fingerprint density at radius 2 is 2.10 bits per heavy atom. The Labute approximate surface area is 126 Å². The van der Waals surface area contributed by atoms with Crippen LogP contribution in [-0.2, 0) is 10.0 Å². The van der Waals surface area contributed by atoms with E-state index in [9.17, 15) is 13.2 Å². The molecule has 0 amide bonds. The number of hydrogen-bond donors (Lipinski definition) is 2. The Bertz CT molecular complexity index is 632. The summed E-state index contributed by atoms with van der Waals surface area (Å²) in [6, 6.07) is 3.91. The summed E-state index contributed by atoms with van der Waals surface area (Å²) >= 11 is 3.14. The first-order chi connectivity index (χ1) is 9.30. The lowest BCUT2D eigenvalue weighted by Crippen LogP contribution is -2.52. The molecule has 0 bridgehead atoms. The molecule has 7 heteroatoms. The van der Waals surface area contributed by atoms with Gasteiger partial charge in [0.25, 0.3) is 0 Å². The zero-order chi connectivity index (χ0) is 15.0. The molecule has 0 spiro atoms. The van der Waals surface area contributed by atoms with Crippen molar-refractivity contribution in [3.05, 3.63) is 28.2 Å². The summed E-state index contributed by atoms with van der Waals surface area (Å²) in [7, 11) is -3.65. The molecule has 20 heavy (non-hydrogen) atoms. The number of carboxylic acids is 1. The fourth-order valence-corrected chi connectivity index (χ4v) is 4.93. The molecule has 0 radical (unpaired) electrons. The van der Waals surface area contributed by atoms with Gasteiger partial charge in [0.05, 0.1) is 10.5 Å². The van der Waals surface area contributed by atoms with Gasteiger partial charge in [0.1, 0.15) is 0 Å². The van der Waals surface area contributed by atoms with Gasteiger partial charge < -0.3 is 5.11 Å². The van der Waals surface area contributed by atoms with Gasteiger partial charge in [-0.25, -0.2) is 17.9 Å². The van der Waals surface area contributed by atoms with E-state index in [1.165, 1.54) is 18.2 Å². The van der Waals surface area contributed by atoms with Crippen molar-refractivity contribution in [2.24, 2.45) is 0 Å². The van der Waals surface area contributed by atoms with Gasteiger partial charge in [0, 0.05) is 10.0 Å². The van der Waals surface area contributed by atoms with Crippen molar-refractivity contribution in [1.29, 1.82) is 0 Å². The summed E-state index contributed by atoms with van der Waals surface area (Å²) in [6.45, 7) is 1.96. The molecule has 0 aliphatic heterocycles. The van der Waals surface area contributed by atoms with Crippen LogP contribution >= 0.6 is 15.9 Å². The Kier molecular flexibility index (Phi) is 4.22. The molecule has 1 fully saturated rings. The monoisotopic (exact) mass is 361 g/mol. The van der Waals surface area contributed by atoms with Crippen LogP contribution in [0.4, 0.5) is 0 Å². The summed E-state index contributed by atoms with van der Waals surface area (Å²) in [4.78, 5) is 10.9. The zero-order valence-electron chi connectivity index (χ0n) is 11.0. The summed E-state index contributed by atoms with van der Waals surface area (Å²) in [6.07, 6.45) is 3.45. The molecule has 2 rings (SSSR count). The van der Waals surface area contributed by atoms with E-state index in [1.807, 2.05) is 6.92 Å². The lowest BCUT2D eigenvalue weighted by atomic mass is 9.76. The maximum Gasteiger partial charge on any atom is 0.335 e.